The number of anilines is 1. The van der Waals surface area contributed by atoms with Crippen molar-refractivity contribution in [2.24, 2.45) is 5.92 Å². The Balaban J connectivity index is 1.92. The lowest BCUT2D eigenvalue weighted by Crippen LogP contribution is -2.18. The Bertz CT molecular complexity index is 377. The van der Waals surface area contributed by atoms with E-state index in [4.69, 9.17) is 4.74 Å². The summed E-state index contributed by atoms with van der Waals surface area (Å²) in [7, 11) is 1.74. The lowest BCUT2D eigenvalue weighted by molar-refractivity contribution is 0.414. The minimum Gasteiger partial charge on any atom is -0.495 e. The van der Waals surface area contributed by atoms with Crippen LogP contribution < -0.4 is 10.1 Å². The Labute approximate surface area is 117 Å². The van der Waals surface area contributed by atoms with E-state index in [1.807, 2.05) is 12.1 Å². The van der Waals surface area contributed by atoms with E-state index in [0.29, 0.717) is 6.04 Å². The van der Waals surface area contributed by atoms with Crippen LogP contribution in [-0.4, -0.2) is 13.2 Å². The predicted octanol–water partition coefficient (Wildman–Crippen LogP) is 4.86. The van der Waals surface area contributed by atoms with Crippen molar-refractivity contribution in [2.75, 3.05) is 12.4 Å². The zero-order valence-corrected chi connectivity index (χ0v) is 12.3. The topological polar surface area (TPSA) is 21.3 Å². The molecule has 19 heavy (non-hydrogen) atoms. The molecule has 2 heteroatoms. The van der Waals surface area contributed by atoms with Gasteiger partial charge in [0.2, 0.25) is 0 Å². The molecule has 0 aromatic heterocycles. The molecule has 2 rings (SSSR count). The van der Waals surface area contributed by atoms with Crippen LogP contribution in [-0.2, 0) is 0 Å². The number of methoxy groups -OCH3 is 1. The van der Waals surface area contributed by atoms with Gasteiger partial charge in [-0.2, -0.15) is 0 Å². The first kappa shape index (κ1) is 14.2. The molecule has 2 atom stereocenters. The number of para-hydroxylation sites is 2. The van der Waals surface area contributed by atoms with Crippen molar-refractivity contribution in [2.45, 2.75) is 57.9 Å². The van der Waals surface area contributed by atoms with E-state index in [0.717, 1.165) is 17.4 Å². The zero-order valence-electron chi connectivity index (χ0n) is 12.3. The highest BCUT2D eigenvalue weighted by Gasteiger charge is 2.18. The van der Waals surface area contributed by atoms with Gasteiger partial charge in [0.05, 0.1) is 12.8 Å². The standard InChI is InChI=1S/C17H27NO/c1-3-7-14-8-6-9-15(13-12-14)18-16-10-4-5-11-17(16)19-2/h4-5,10-11,14-15,18H,3,6-9,12-13H2,1-2H3. The summed E-state index contributed by atoms with van der Waals surface area (Å²) in [4.78, 5) is 0. The molecule has 106 valence electrons. The van der Waals surface area contributed by atoms with Crippen LogP contribution in [0.25, 0.3) is 0 Å². The third kappa shape index (κ3) is 4.15. The van der Waals surface area contributed by atoms with Gasteiger partial charge >= 0.3 is 0 Å². The second-order valence-electron chi connectivity index (χ2n) is 5.70. The molecular weight excluding hydrogens is 234 g/mol. The third-order valence-corrected chi connectivity index (χ3v) is 4.25. The quantitative estimate of drug-likeness (QED) is 0.764. The Kier molecular flexibility index (Phi) is 5.56. The second kappa shape index (κ2) is 7.42. The van der Waals surface area contributed by atoms with Gasteiger partial charge in [0, 0.05) is 6.04 Å². The van der Waals surface area contributed by atoms with Gasteiger partial charge in [0.1, 0.15) is 5.75 Å². The van der Waals surface area contributed by atoms with Crippen molar-refractivity contribution in [3.63, 3.8) is 0 Å². The molecule has 2 nitrogen and oxygen atoms in total. The summed E-state index contributed by atoms with van der Waals surface area (Å²) in [5, 5.41) is 3.68. The van der Waals surface area contributed by atoms with Gasteiger partial charge < -0.3 is 10.1 Å². The molecule has 2 unspecified atom stereocenters. The molecule has 1 fully saturated rings. The average Bonchev–Trinajstić information content (AvgIpc) is 2.66. The number of nitrogens with one attached hydrogen (secondary N) is 1. The van der Waals surface area contributed by atoms with Crippen LogP contribution in [0.15, 0.2) is 24.3 Å². The summed E-state index contributed by atoms with van der Waals surface area (Å²) < 4.78 is 5.42. The number of ether oxygens (including phenoxy) is 1. The molecule has 1 N–H and O–H groups in total. The minimum atomic E-state index is 0.609. The Morgan fingerprint density at radius 1 is 1.16 bits per heavy atom. The van der Waals surface area contributed by atoms with E-state index in [-0.39, 0.29) is 0 Å². The fourth-order valence-corrected chi connectivity index (χ4v) is 3.20. The van der Waals surface area contributed by atoms with E-state index in [9.17, 15) is 0 Å². The van der Waals surface area contributed by atoms with E-state index in [1.165, 1.54) is 44.9 Å². The van der Waals surface area contributed by atoms with E-state index in [2.05, 4.69) is 24.4 Å². The normalized spacial score (nSPS) is 23.7. The van der Waals surface area contributed by atoms with Crippen LogP contribution in [0.2, 0.25) is 0 Å². The molecule has 0 heterocycles. The molecule has 0 aliphatic heterocycles. The monoisotopic (exact) mass is 261 g/mol. The third-order valence-electron chi connectivity index (χ3n) is 4.25. The maximum Gasteiger partial charge on any atom is 0.141 e. The molecule has 1 aromatic rings. The summed E-state index contributed by atoms with van der Waals surface area (Å²) in [6.45, 7) is 2.30. The van der Waals surface area contributed by atoms with Gasteiger partial charge in [0.25, 0.3) is 0 Å². The highest BCUT2D eigenvalue weighted by atomic mass is 16.5. The number of benzene rings is 1. The molecule has 0 radical (unpaired) electrons. The maximum atomic E-state index is 5.42. The summed E-state index contributed by atoms with van der Waals surface area (Å²) in [5.41, 5.74) is 1.14. The van der Waals surface area contributed by atoms with Gasteiger partial charge in [-0.1, -0.05) is 44.7 Å². The summed E-state index contributed by atoms with van der Waals surface area (Å²) >= 11 is 0. The Morgan fingerprint density at radius 3 is 2.79 bits per heavy atom. The molecule has 1 saturated carbocycles. The van der Waals surface area contributed by atoms with Crippen LogP contribution >= 0.6 is 0 Å². The van der Waals surface area contributed by atoms with Crippen LogP contribution in [0.1, 0.15) is 51.9 Å². The van der Waals surface area contributed by atoms with Crippen LogP contribution in [0, 0.1) is 5.92 Å². The van der Waals surface area contributed by atoms with Crippen LogP contribution in [0.4, 0.5) is 5.69 Å². The molecule has 0 amide bonds. The highest BCUT2D eigenvalue weighted by molar-refractivity contribution is 5.56. The molecule has 1 aliphatic carbocycles. The fourth-order valence-electron chi connectivity index (χ4n) is 3.20. The smallest absolute Gasteiger partial charge is 0.141 e. The van der Waals surface area contributed by atoms with Crippen molar-refractivity contribution in [3.05, 3.63) is 24.3 Å². The van der Waals surface area contributed by atoms with E-state index >= 15 is 0 Å². The van der Waals surface area contributed by atoms with Gasteiger partial charge in [0.15, 0.2) is 0 Å². The summed E-state index contributed by atoms with van der Waals surface area (Å²) in [6, 6.07) is 8.85. The molecule has 1 aromatic carbocycles. The summed E-state index contributed by atoms with van der Waals surface area (Å²) in [5.74, 6) is 1.91. The SMILES string of the molecule is CCCC1CCCC(Nc2ccccc2OC)CC1. The second-order valence-corrected chi connectivity index (χ2v) is 5.70. The van der Waals surface area contributed by atoms with Gasteiger partial charge in [-0.15, -0.1) is 0 Å². The van der Waals surface area contributed by atoms with Gasteiger partial charge in [-0.25, -0.2) is 0 Å². The molecular formula is C17H27NO. The van der Waals surface area contributed by atoms with E-state index in [1.54, 1.807) is 7.11 Å². The lowest BCUT2D eigenvalue weighted by atomic mass is 9.95. The molecule has 1 aliphatic rings. The maximum absolute atomic E-state index is 5.42. The Hall–Kier alpha value is -1.18. The predicted molar refractivity (Wildman–Crippen MR) is 81.9 cm³/mol. The van der Waals surface area contributed by atoms with Crippen molar-refractivity contribution in [1.29, 1.82) is 0 Å². The fraction of sp³-hybridized carbons (Fsp3) is 0.647. The summed E-state index contributed by atoms with van der Waals surface area (Å²) in [6.07, 6.45) is 9.47. The number of hydrogen-bond donors (Lipinski definition) is 1. The van der Waals surface area contributed by atoms with Gasteiger partial charge in [-0.3, -0.25) is 0 Å². The first-order valence-corrected chi connectivity index (χ1v) is 7.73. The van der Waals surface area contributed by atoms with Crippen molar-refractivity contribution in [1.82, 2.24) is 0 Å². The van der Waals surface area contributed by atoms with Crippen molar-refractivity contribution >= 4 is 5.69 Å². The number of rotatable bonds is 5. The van der Waals surface area contributed by atoms with Crippen LogP contribution in [0.5, 0.6) is 5.75 Å². The highest BCUT2D eigenvalue weighted by Crippen LogP contribution is 2.30. The minimum absolute atomic E-state index is 0.609. The molecule has 0 spiro atoms. The van der Waals surface area contributed by atoms with Gasteiger partial charge in [-0.05, 0) is 37.3 Å². The average molecular weight is 261 g/mol. The van der Waals surface area contributed by atoms with E-state index < -0.39 is 0 Å². The lowest BCUT2D eigenvalue weighted by Gasteiger charge is -2.19. The van der Waals surface area contributed by atoms with Crippen LogP contribution in [0.3, 0.4) is 0 Å². The van der Waals surface area contributed by atoms with Crippen molar-refractivity contribution in [3.8, 4) is 5.75 Å². The molecule has 0 bridgehead atoms. The largest absolute Gasteiger partial charge is 0.495 e. The first-order chi connectivity index (χ1) is 9.33. The zero-order chi connectivity index (χ0) is 13.5. The number of hydrogen-bond acceptors (Lipinski definition) is 2. The first-order valence-electron chi connectivity index (χ1n) is 7.73. The Morgan fingerprint density at radius 2 is 2.00 bits per heavy atom. The van der Waals surface area contributed by atoms with Crippen molar-refractivity contribution < 1.29 is 4.74 Å². The molecule has 0 saturated heterocycles.